The molecule has 6 nitrogen and oxygen atoms in total. The van der Waals surface area contributed by atoms with Gasteiger partial charge in [-0.05, 0) is 25.7 Å². The Morgan fingerprint density at radius 2 is 2.11 bits per heavy atom. The predicted octanol–water partition coefficient (Wildman–Crippen LogP) is 2.25. The van der Waals surface area contributed by atoms with Gasteiger partial charge in [-0.1, -0.05) is 18.0 Å². The zero-order valence-corrected chi connectivity index (χ0v) is 11.4. The van der Waals surface area contributed by atoms with Gasteiger partial charge in [0.2, 0.25) is 5.71 Å². The van der Waals surface area contributed by atoms with Gasteiger partial charge in [0.05, 0.1) is 0 Å². The molecular formula is C12H17N3O3S. The van der Waals surface area contributed by atoms with Crippen molar-refractivity contribution in [2.24, 2.45) is 5.16 Å². The lowest BCUT2D eigenvalue weighted by Crippen LogP contribution is -2.18. The molecule has 0 unspecified atom stereocenters. The molecule has 1 aliphatic carbocycles. The number of nitrogens with two attached hydrogens (primary N) is 1. The number of aliphatic carboxylic acids is 1. The number of nitrogens with zero attached hydrogens (tertiary/aromatic N) is 2. The van der Waals surface area contributed by atoms with E-state index in [2.05, 4.69) is 10.1 Å². The van der Waals surface area contributed by atoms with E-state index in [-0.39, 0.29) is 17.5 Å². The monoisotopic (exact) mass is 283 g/mol. The minimum Gasteiger partial charge on any atom is -0.476 e. The Labute approximate surface area is 115 Å². The zero-order valence-electron chi connectivity index (χ0n) is 10.5. The van der Waals surface area contributed by atoms with Crippen LogP contribution in [0, 0.1) is 0 Å². The molecule has 0 radical (unpaired) electrons. The third kappa shape index (κ3) is 3.92. The number of carboxylic acid groups (broad SMARTS) is 1. The van der Waals surface area contributed by atoms with Crippen LogP contribution in [0.25, 0.3) is 0 Å². The van der Waals surface area contributed by atoms with Gasteiger partial charge in [0.1, 0.15) is 11.8 Å². The van der Waals surface area contributed by atoms with Crippen LogP contribution in [0.1, 0.15) is 44.2 Å². The first-order chi connectivity index (χ1) is 9.16. The Hall–Kier alpha value is -1.63. The van der Waals surface area contributed by atoms with Crippen LogP contribution in [0.5, 0.6) is 0 Å². The van der Waals surface area contributed by atoms with Gasteiger partial charge in [-0.3, -0.25) is 0 Å². The summed E-state index contributed by atoms with van der Waals surface area (Å²) >= 11 is 1.18. The molecule has 104 valence electrons. The van der Waals surface area contributed by atoms with E-state index < -0.39 is 5.97 Å². The largest absolute Gasteiger partial charge is 0.476 e. The minimum atomic E-state index is -1.15. The maximum absolute atomic E-state index is 11.2. The van der Waals surface area contributed by atoms with E-state index in [1.807, 2.05) is 0 Å². The van der Waals surface area contributed by atoms with Crippen LogP contribution in [0.15, 0.2) is 10.5 Å². The summed E-state index contributed by atoms with van der Waals surface area (Å²) in [5, 5.41) is 14.8. The lowest BCUT2D eigenvalue weighted by molar-refractivity contribution is -0.129. The molecule has 3 N–H and O–H groups in total. The number of rotatable bonds is 4. The Balaban J connectivity index is 2.06. The summed E-state index contributed by atoms with van der Waals surface area (Å²) in [4.78, 5) is 20.5. The fraction of sp³-hybridized carbons (Fsp3) is 0.583. The van der Waals surface area contributed by atoms with Gasteiger partial charge in [0, 0.05) is 5.38 Å². The molecule has 1 aliphatic rings. The number of anilines is 1. The number of thiazole rings is 1. The lowest BCUT2D eigenvalue weighted by atomic mass is 10.2. The zero-order chi connectivity index (χ0) is 13.7. The van der Waals surface area contributed by atoms with Crippen LogP contribution in [-0.2, 0) is 9.63 Å². The van der Waals surface area contributed by atoms with E-state index >= 15 is 0 Å². The fourth-order valence-corrected chi connectivity index (χ4v) is 2.61. The van der Waals surface area contributed by atoms with Gasteiger partial charge in [-0.25, -0.2) is 9.78 Å². The summed E-state index contributed by atoms with van der Waals surface area (Å²) in [6.07, 6.45) is 6.48. The molecule has 2 rings (SSSR count). The molecule has 0 spiro atoms. The van der Waals surface area contributed by atoms with Crippen molar-refractivity contribution in [2.75, 3.05) is 5.73 Å². The summed E-state index contributed by atoms with van der Waals surface area (Å²) in [6, 6.07) is 0. The number of carbonyl (C=O) groups is 1. The predicted molar refractivity (Wildman–Crippen MR) is 73.3 cm³/mol. The average Bonchev–Trinajstić information content (AvgIpc) is 2.64. The van der Waals surface area contributed by atoms with Crippen molar-refractivity contribution in [3.63, 3.8) is 0 Å². The second-order valence-corrected chi connectivity index (χ2v) is 5.42. The highest BCUT2D eigenvalue weighted by Crippen LogP contribution is 2.20. The normalized spacial score (nSPS) is 18.0. The molecule has 0 amide bonds. The number of carboxylic acids is 1. The van der Waals surface area contributed by atoms with Crippen LogP contribution in [0.2, 0.25) is 0 Å². The topological polar surface area (TPSA) is 97.8 Å². The van der Waals surface area contributed by atoms with Crippen molar-refractivity contribution in [1.29, 1.82) is 0 Å². The second kappa shape index (κ2) is 6.51. The van der Waals surface area contributed by atoms with Crippen molar-refractivity contribution in [3.05, 3.63) is 11.1 Å². The second-order valence-electron chi connectivity index (χ2n) is 4.54. The first kappa shape index (κ1) is 13.8. The van der Waals surface area contributed by atoms with Gasteiger partial charge in [0.25, 0.3) is 0 Å². The molecule has 0 bridgehead atoms. The molecule has 1 fully saturated rings. The number of hydrogen-bond acceptors (Lipinski definition) is 6. The Bertz CT molecular complexity index is 465. The summed E-state index contributed by atoms with van der Waals surface area (Å²) in [5.74, 6) is -1.15. The van der Waals surface area contributed by atoms with Gasteiger partial charge in [-0.2, -0.15) is 0 Å². The molecule has 0 aromatic carbocycles. The minimum absolute atomic E-state index is 0.00725. The average molecular weight is 283 g/mol. The highest BCUT2D eigenvalue weighted by molar-refractivity contribution is 7.13. The number of aromatic nitrogens is 1. The molecule has 0 aliphatic heterocycles. The molecule has 19 heavy (non-hydrogen) atoms. The highest BCUT2D eigenvalue weighted by Gasteiger charge is 2.19. The first-order valence-electron chi connectivity index (χ1n) is 6.35. The quantitative estimate of drug-likeness (QED) is 0.501. The van der Waals surface area contributed by atoms with Crippen molar-refractivity contribution in [2.45, 2.75) is 44.6 Å². The third-order valence-electron chi connectivity index (χ3n) is 3.06. The van der Waals surface area contributed by atoms with Crippen LogP contribution in [0.4, 0.5) is 5.13 Å². The van der Waals surface area contributed by atoms with E-state index in [0.717, 1.165) is 25.7 Å². The summed E-state index contributed by atoms with van der Waals surface area (Å²) in [7, 11) is 0. The maximum atomic E-state index is 11.2. The van der Waals surface area contributed by atoms with Gasteiger partial charge >= 0.3 is 5.97 Å². The summed E-state index contributed by atoms with van der Waals surface area (Å²) < 4.78 is 0. The molecular weight excluding hydrogens is 266 g/mol. The smallest absolute Gasteiger partial charge is 0.360 e. The van der Waals surface area contributed by atoms with E-state index in [1.54, 1.807) is 5.38 Å². The lowest BCUT2D eigenvalue weighted by Gasteiger charge is -2.11. The summed E-state index contributed by atoms with van der Waals surface area (Å²) in [6.45, 7) is 0. The number of hydrogen-bond donors (Lipinski definition) is 2. The SMILES string of the molecule is Nc1nc(C(=NOC2CCCCCC2)C(=O)O)cs1. The van der Waals surface area contributed by atoms with Crippen LogP contribution >= 0.6 is 11.3 Å². The molecule has 7 heteroatoms. The summed E-state index contributed by atoms with van der Waals surface area (Å²) in [5.41, 5.74) is 5.57. The van der Waals surface area contributed by atoms with Crippen LogP contribution in [0.3, 0.4) is 0 Å². The molecule has 0 saturated heterocycles. The molecule has 1 saturated carbocycles. The Kier molecular flexibility index (Phi) is 4.73. The van der Waals surface area contributed by atoms with Crippen molar-refractivity contribution >= 4 is 28.1 Å². The number of oxime groups is 1. The van der Waals surface area contributed by atoms with E-state index in [9.17, 15) is 4.79 Å². The Morgan fingerprint density at radius 3 is 2.63 bits per heavy atom. The molecule has 1 heterocycles. The standard InChI is InChI=1S/C12H17N3O3S/c13-12-14-9(7-19-12)10(11(16)17)15-18-8-5-3-1-2-4-6-8/h7-8H,1-6H2,(H2,13,14)(H,16,17). The fourth-order valence-electron chi connectivity index (χ4n) is 2.07. The van der Waals surface area contributed by atoms with Crippen LogP contribution in [-0.4, -0.2) is 27.9 Å². The van der Waals surface area contributed by atoms with E-state index in [1.165, 1.54) is 24.2 Å². The third-order valence-corrected chi connectivity index (χ3v) is 3.74. The van der Waals surface area contributed by atoms with E-state index in [0.29, 0.717) is 5.13 Å². The molecule has 0 atom stereocenters. The van der Waals surface area contributed by atoms with Crippen molar-refractivity contribution < 1.29 is 14.7 Å². The van der Waals surface area contributed by atoms with Crippen LogP contribution < -0.4 is 5.73 Å². The number of nitrogen functional groups attached to an aromatic ring is 1. The van der Waals surface area contributed by atoms with Crippen molar-refractivity contribution in [3.8, 4) is 0 Å². The highest BCUT2D eigenvalue weighted by atomic mass is 32.1. The molecule has 1 aromatic rings. The van der Waals surface area contributed by atoms with Gasteiger partial charge in [0.15, 0.2) is 5.13 Å². The van der Waals surface area contributed by atoms with Gasteiger partial charge < -0.3 is 15.7 Å². The first-order valence-corrected chi connectivity index (χ1v) is 7.23. The van der Waals surface area contributed by atoms with Crippen molar-refractivity contribution in [1.82, 2.24) is 4.98 Å². The Morgan fingerprint density at radius 1 is 1.42 bits per heavy atom. The van der Waals surface area contributed by atoms with E-state index in [4.69, 9.17) is 15.7 Å². The molecule has 1 aromatic heterocycles. The van der Waals surface area contributed by atoms with Gasteiger partial charge in [-0.15, -0.1) is 11.3 Å². The maximum Gasteiger partial charge on any atom is 0.360 e.